The molecule has 3 rings (SSSR count). The predicted molar refractivity (Wildman–Crippen MR) is 88.3 cm³/mol. The van der Waals surface area contributed by atoms with Gasteiger partial charge in [-0.3, -0.25) is 0 Å². The number of benzene rings is 2. The molecule has 100 valence electrons. The van der Waals surface area contributed by atoms with Crippen molar-refractivity contribution in [3.63, 3.8) is 0 Å². The Kier molecular flexibility index (Phi) is 3.56. The van der Waals surface area contributed by atoms with Crippen molar-refractivity contribution in [3.05, 3.63) is 71.8 Å². The van der Waals surface area contributed by atoms with Gasteiger partial charge < -0.3 is 0 Å². The molecular formula is C20H20. The van der Waals surface area contributed by atoms with Crippen LogP contribution in [0.1, 0.15) is 31.4 Å². The maximum absolute atomic E-state index is 2.39. The second kappa shape index (κ2) is 5.50. The van der Waals surface area contributed by atoms with Crippen molar-refractivity contribution in [2.24, 2.45) is 5.92 Å². The predicted octanol–water partition coefficient (Wildman–Crippen LogP) is 5.81. The topological polar surface area (TPSA) is 0 Å². The molecule has 0 aromatic heterocycles. The van der Waals surface area contributed by atoms with Crippen molar-refractivity contribution in [2.45, 2.75) is 20.3 Å². The molecule has 1 aliphatic rings. The number of fused-ring (bicyclic) bond motifs is 3. The molecule has 0 bridgehead atoms. The minimum atomic E-state index is 0.574. The average Bonchev–Trinajstić information content (AvgIpc) is 2.47. The summed E-state index contributed by atoms with van der Waals surface area (Å²) in [4.78, 5) is 0. The molecule has 0 saturated carbocycles. The van der Waals surface area contributed by atoms with Crippen molar-refractivity contribution in [2.75, 3.05) is 0 Å². The molecule has 0 N–H and O–H groups in total. The van der Waals surface area contributed by atoms with E-state index in [-0.39, 0.29) is 0 Å². The van der Waals surface area contributed by atoms with Crippen molar-refractivity contribution < 1.29 is 0 Å². The number of allylic oxidation sites excluding steroid dienone is 3. The van der Waals surface area contributed by atoms with E-state index in [0.29, 0.717) is 5.92 Å². The first-order chi connectivity index (χ1) is 9.75. The van der Waals surface area contributed by atoms with Gasteiger partial charge in [0.05, 0.1) is 0 Å². The van der Waals surface area contributed by atoms with Crippen LogP contribution in [0.2, 0.25) is 0 Å². The minimum Gasteiger partial charge on any atom is -0.0833 e. The van der Waals surface area contributed by atoms with Crippen LogP contribution in [0, 0.1) is 5.92 Å². The number of hydrogen-bond acceptors (Lipinski definition) is 0. The smallest absolute Gasteiger partial charge is 0.0103 e. The lowest BCUT2D eigenvalue weighted by Gasteiger charge is -2.15. The molecule has 1 atom stereocenters. The van der Waals surface area contributed by atoms with Crippen molar-refractivity contribution in [1.82, 2.24) is 0 Å². The van der Waals surface area contributed by atoms with Crippen molar-refractivity contribution in [1.29, 1.82) is 0 Å². The van der Waals surface area contributed by atoms with Gasteiger partial charge in [-0.25, -0.2) is 0 Å². The molecule has 1 unspecified atom stereocenters. The van der Waals surface area contributed by atoms with Gasteiger partial charge in [0.2, 0.25) is 0 Å². The molecule has 0 heterocycles. The minimum absolute atomic E-state index is 0.574. The summed E-state index contributed by atoms with van der Waals surface area (Å²) in [6.45, 7) is 4.51. The Bertz CT molecular complexity index is 674. The van der Waals surface area contributed by atoms with E-state index in [9.17, 15) is 0 Å². The zero-order valence-electron chi connectivity index (χ0n) is 12.1. The largest absolute Gasteiger partial charge is 0.0833 e. The quantitative estimate of drug-likeness (QED) is 0.560. The van der Waals surface area contributed by atoms with Crippen LogP contribution in [0.25, 0.3) is 22.8 Å². The highest BCUT2D eigenvalue weighted by Crippen LogP contribution is 2.33. The first-order valence-corrected chi connectivity index (χ1v) is 7.29. The molecule has 2 aromatic carbocycles. The fourth-order valence-corrected chi connectivity index (χ4v) is 2.94. The van der Waals surface area contributed by atoms with Crippen LogP contribution in [0.15, 0.2) is 60.7 Å². The third-order valence-corrected chi connectivity index (χ3v) is 3.94. The molecule has 1 aliphatic carbocycles. The fourth-order valence-electron chi connectivity index (χ4n) is 2.94. The summed E-state index contributed by atoms with van der Waals surface area (Å²) in [6.07, 6.45) is 8.03. The van der Waals surface area contributed by atoms with E-state index in [1.807, 2.05) is 0 Å². The Labute approximate surface area is 121 Å². The lowest BCUT2D eigenvalue weighted by molar-refractivity contribution is 0.747. The Balaban J connectivity index is 2.28. The van der Waals surface area contributed by atoms with E-state index in [4.69, 9.17) is 0 Å². The zero-order chi connectivity index (χ0) is 13.9. The summed E-state index contributed by atoms with van der Waals surface area (Å²) in [5.74, 6) is 0.574. The molecular weight excluding hydrogens is 240 g/mol. The molecule has 0 aliphatic heterocycles. The van der Waals surface area contributed by atoms with Crippen LogP contribution >= 0.6 is 0 Å². The number of rotatable bonds is 0. The van der Waals surface area contributed by atoms with E-state index in [0.717, 1.165) is 6.42 Å². The Morgan fingerprint density at radius 1 is 0.850 bits per heavy atom. The summed E-state index contributed by atoms with van der Waals surface area (Å²) in [5, 5.41) is 0. The lowest BCUT2D eigenvalue weighted by atomic mass is 9.89. The second-order valence-electron chi connectivity index (χ2n) is 5.60. The van der Waals surface area contributed by atoms with Gasteiger partial charge in [-0.15, -0.1) is 0 Å². The summed E-state index contributed by atoms with van der Waals surface area (Å²) in [5.41, 5.74) is 6.68. The van der Waals surface area contributed by atoms with Gasteiger partial charge in [0.25, 0.3) is 0 Å². The Morgan fingerprint density at radius 2 is 1.50 bits per heavy atom. The van der Waals surface area contributed by atoms with Crippen LogP contribution in [0.3, 0.4) is 0 Å². The fraction of sp³-hybridized carbons (Fsp3) is 0.200. The second-order valence-corrected chi connectivity index (χ2v) is 5.60. The monoisotopic (exact) mass is 260 g/mol. The van der Waals surface area contributed by atoms with E-state index < -0.39 is 0 Å². The summed E-state index contributed by atoms with van der Waals surface area (Å²) in [6, 6.07) is 17.4. The highest BCUT2D eigenvalue weighted by molar-refractivity contribution is 5.85. The van der Waals surface area contributed by atoms with Crippen LogP contribution in [-0.4, -0.2) is 0 Å². The van der Waals surface area contributed by atoms with Gasteiger partial charge in [-0.05, 0) is 47.1 Å². The average molecular weight is 260 g/mol. The number of hydrogen-bond donors (Lipinski definition) is 0. The third-order valence-electron chi connectivity index (χ3n) is 3.94. The molecule has 0 amide bonds. The molecule has 0 fully saturated rings. The molecule has 20 heavy (non-hydrogen) atoms. The van der Waals surface area contributed by atoms with E-state index in [1.54, 1.807) is 0 Å². The van der Waals surface area contributed by atoms with Crippen LogP contribution in [-0.2, 0) is 0 Å². The maximum Gasteiger partial charge on any atom is -0.0103 e. The van der Waals surface area contributed by atoms with Crippen molar-refractivity contribution >= 4 is 11.6 Å². The Hall–Kier alpha value is -2.08. The van der Waals surface area contributed by atoms with E-state index in [2.05, 4.69) is 80.6 Å². The first kappa shape index (κ1) is 12.9. The maximum atomic E-state index is 2.39. The summed E-state index contributed by atoms with van der Waals surface area (Å²) in [7, 11) is 0. The molecule has 0 nitrogen and oxygen atoms in total. The van der Waals surface area contributed by atoms with Gasteiger partial charge in [0, 0.05) is 0 Å². The highest BCUT2D eigenvalue weighted by Gasteiger charge is 2.10. The molecule has 2 aromatic rings. The van der Waals surface area contributed by atoms with Gasteiger partial charge in [-0.2, -0.15) is 0 Å². The summed E-state index contributed by atoms with van der Waals surface area (Å²) < 4.78 is 0. The molecule has 0 radical (unpaired) electrons. The molecule has 0 heteroatoms. The highest BCUT2D eigenvalue weighted by atomic mass is 14.1. The van der Waals surface area contributed by atoms with Gasteiger partial charge >= 0.3 is 0 Å². The molecule has 0 saturated heterocycles. The van der Waals surface area contributed by atoms with Crippen LogP contribution < -0.4 is 0 Å². The normalized spacial score (nSPS) is 22.1. The zero-order valence-corrected chi connectivity index (χ0v) is 12.1. The standard InChI is InChI=1S/C20H20/c1-15-8-7-10-17-9-3-4-12-19(17)20-13-6-5-11-18(20)16(2)14-15/h3-7,9-15H,8H2,1-2H3/b10-7+,16-14+. The Morgan fingerprint density at radius 3 is 2.30 bits per heavy atom. The van der Waals surface area contributed by atoms with Gasteiger partial charge in [0.15, 0.2) is 0 Å². The SMILES string of the molecule is C/C1=C\C(C)C/C=C/c2ccccc2-c2ccccc21. The van der Waals surface area contributed by atoms with E-state index in [1.165, 1.54) is 27.8 Å². The van der Waals surface area contributed by atoms with E-state index >= 15 is 0 Å². The van der Waals surface area contributed by atoms with Crippen LogP contribution in [0.4, 0.5) is 0 Å². The molecule has 0 spiro atoms. The van der Waals surface area contributed by atoms with Crippen LogP contribution in [0.5, 0.6) is 0 Å². The third kappa shape index (κ3) is 2.46. The summed E-state index contributed by atoms with van der Waals surface area (Å²) >= 11 is 0. The lowest BCUT2D eigenvalue weighted by Crippen LogP contribution is -1.95. The van der Waals surface area contributed by atoms with Gasteiger partial charge in [-0.1, -0.05) is 73.7 Å². The van der Waals surface area contributed by atoms with Gasteiger partial charge in [0.1, 0.15) is 0 Å². The van der Waals surface area contributed by atoms with Crippen molar-refractivity contribution in [3.8, 4) is 11.1 Å². The first-order valence-electron chi connectivity index (χ1n) is 7.29.